The quantitative estimate of drug-likeness (QED) is 0.779. The predicted octanol–water partition coefficient (Wildman–Crippen LogP) is 2.31. The monoisotopic (exact) mass is 257 g/mol. The third-order valence-electron chi connectivity index (χ3n) is 1.84. The molecule has 0 saturated heterocycles. The SMILES string of the molecule is Cc1cc(C)nc(N(C)CC(C)Br)n1. The van der Waals surface area contributed by atoms with Crippen LogP contribution in [0.4, 0.5) is 5.95 Å². The average Bonchev–Trinajstić information content (AvgIpc) is 2.00. The topological polar surface area (TPSA) is 29.0 Å². The van der Waals surface area contributed by atoms with Crippen LogP contribution in [0, 0.1) is 13.8 Å². The summed E-state index contributed by atoms with van der Waals surface area (Å²) in [5, 5.41) is 0. The summed E-state index contributed by atoms with van der Waals surface area (Å²) in [6.45, 7) is 7.00. The van der Waals surface area contributed by atoms with Gasteiger partial charge in [0, 0.05) is 29.8 Å². The van der Waals surface area contributed by atoms with E-state index < -0.39 is 0 Å². The molecular formula is C10H16BrN3. The summed E-state index contributed by atoms with van der Waals surface area (Å²) in [6.07, 6.45) is 0. The van der Waals surface area contributed by atoms with Gasteiger partial charge in [0.1, 0.15) is 0 Å². The molecule has 14 heavy (non-hydrogen) atoms. The Balaban J connectivity index is 2.84. The largest absolute Gasteiger partial charge is 0.343 e. The van der Waals surface area contributed by atoms with Crippen molar-refractivity contribution in [3.05, 3.63) is 17.5 Å². The van der Waals surface area contributed by atoms with Gasteiger partial charge in [0.15, 0.2) is 0 Å². The number of hydrogen-bond acceptors (Lipinski definition) is 3. The fourth-order valence-electron chi connectivity index (χ4n) is 1.34. The molecule has 0 aliphatic rings. The molecule has 0 saturated carbocycles. The second-order valence-corrected chi connectivity index (χ2v) is 5.18. The number of rotatable bonds is 3. The Morgan fingerprint density at radius 1 is 1.36 bits per heavy atom. The Labute approximate surface area is 93.7 Å². The zero-order chi connectivity index (χ0) is 10.7. The van der Waals surface area contributed by atoms with Crippen molar-refractivity contribution in [3.8, 4) is 0 Å². The van der Waals surface area contributed by atoms with Gasteiger partial charge in [0.2, 0.25) is 5.95 Å². The van der Waals surface area contributed by atoms with Crippen molar-refractivity contribution in [3.63, 3.8) is 0 Å². The summed E-state index contributed by atoms with van der Waals surface area (Å²) >= 11 is 3.51. The molecule has 1 unspecified atom stereocenters. The van der Waals surface area contributed by atoms with Gasteiger partial charge in [-0.15, -0.1) is 0 Å². The normalized spacial score (nSPS) is 12.6. The molecule has 1 atom stereocenters. The van der Waals surface area contributed by atoms with Crippen LogP contribution in [0.1, 0.15) is 18.3 Å². The molecule has 0 N–H and O–H groups in total. The molecule has 0 amide bonds. The van der Waals surface area contributed by atoms with Crippen molar-refractivity contribution in [1.82, 2.24) is 9.97 Å². The van der Waals surface area contributed by atoms with Crippen LogP contribution in [-0.2, 0) is 0 Å². The maximum atomic E-state index is 4.38. The Bertz CT molecular complexity index is 292. The van der Waals surface area contributed by atoms with Crippen LogP contribution in [0.25, 0.3) is 0 Å². The first kappa shape index (κ1) is 11.4. The lowest BCUT2D eigenvalue weighted by atomic mass is 10.3. The second-order valence-electron chi connectivity index (χ2n) is 3.61. The van der Waals surface area contributed by atoms with Crippen molar-refractivity contribution in [2.24, 2.45) is 0 Å². The summed E-state index contributed by atoms with van der Waals surface area (Å²) < 4.78 is 0. The molecule has 0 radical (unpaired) electrons. The highest BCUT2D eigenvalue weighted by Gasteiger charge is 2.07. The summed E-state index contributed by atoms with van der Waals surface area (Å²) in [4.78, 5) is 11.3. The summed E-state index contributed by atoms with van der Waals surface area (Å²) in [6, 6.07) is 1.98. The van der Waals surface area contributed by atoms with Gasteiger partial charge >= 0.3 is 0 Å². The molecule has 0 aliphatic carbocycles. The van der Waals surface area contributed by atoms with E-state index in [1.807, 2.05) is 27.0 Å². The zero-order valence-electron chi connectivity index (χ0n) is 9.08. The minimum Gasteiger partial charge on any atom is -0.343 e. The summed E-state index contributed by atoms with van der Waals surface area (Å²) in [5.41, 5.74) is 2.03. The third-order valence-corrected chi connectivity index (χ3v) is 2.13. The summed E-state index contributed by atoms with van der Waals surface area (Å²) in [7, 11) is 2.01. The van der Waals surface area contributed by atoms with E-state index in [-0.39, 0.29) is 0 Å². The Hall–Kier alpha value is -0.640. The number of halogens is 1. The number of aryl methyl sites for hydroxylation is 2. The molecule has 1 heterocycles. The Kier molecular flexibility index (Phi) is 3.86. The highest BCUT2D eigenvalue weighted by Crippen LogP contribution is 2.10. The maximum Gasteiger partial charge on any atom is 0.225 e. The molecule has 4 heteroatoms. The van der Waals surface area contributed by atoms with Crippen LogP contribution in [0.5, 0.6) is 0 Å². The highest BCUT2D eigenvalue weighted by atomic mass is 79.9. The molecule has 1 aromatic heterocycles. The first-order valence-corrected chi connectivity index (χ1v) is 5.58. The van der Waals surface area contributed by atoms with Crippen molar-refractivity contribution < 1.29 is 0 Å². The zero-order valence-corrected chi connectivity index (χ0v) is 10.7. The third kappa shape index (κ3) is 3.25. The Morgan fingerprint density at radius 3 is 2.29 bits per heavy atom. The second kappa shape index (κ2) is 4.73. The Morgan fingerprint density at radius 2 is 1.86 bits per heavy atom. The van der Waals surface area contributed by atoms with Crippen LogP contribution >= 0.6 is 15.9 Å². The highest BCUT2D eigenvalue weighted by molar-refractivity contribution is 9.09. The number of aromatic nitrogens is 2. The van der Waals surface area contributed by atoms with E-state index >= 15 is 0 Å². The molecule has 0 spiro atoms. The van der Waals surface area contributed by atoms with E-state index in [0.717, 1.165) is 23.9 Å². The lowest BCUT2D eigenvalue weighted by Crippen LogP contribution is -2.26. The van der Waals surface area contributed by atoms with Gasteiger partial charge < -0.3 is 4.90 Å². The van der Waals surface area contributed by atoms with Crippen molar-refractivity contribution in [2.75, 3.05) is 18.5 Å². The molecule has 1 aromatic rings. The van der Waals surface area contributed by atoms with Crippen molar-refractivity contribution in [1.29, 1.82) is 0 Å². The number of anilines is 1. The van der Waals surface area contributed by atoms with E-state index in [4.69, 9.17) is 0 Å². The minimum absolute atomic E-state index is 0.442. The number of nitrogens with zero attached hydrogens (tertiary/aromatic N) is 3. The first-order valence-electron chi connectivity index (χ1n) is 4.66. The fourth-order valence-corrected chi connectivity index (χ4v) is 1.77. The van der Waals surface area contributed by atoms with E-state index in [9.17, 15) is 0 Å². The lowest BCUT2D eigenvalue weighted by molar-refractivity contribution is 0.828. The van der Waals surface area contributed by atoms with Crippen LogP contribution in [-0.4, -0.2) is 28.4 Å². The standard InChI is InChI=1S/C10H16BrN3/c1-7(11)6-14(4)10-12-8(2)5-9(3)13-10/h5,7H,6H2,1-4H3. The van der Waals surface area contributed by atoms with Gasteiger partial charge in [-0.05, 0) is 19.9 Å². The first-order chi connectivity index (χ1) is 6.49. The van der Waals surface area contributed by atoms with Gasteiger partial charge in [-0.25, -0.2) is 9.97 Å². The molecule has 78 valence electrons. The molecule has 0 aromatic carbocycles. The number of hydrogen-bond donors (Lipinski definition) is 0. The van der Waals surface area contributed by atoms with E-state index in [2.05, 4.69) is 37.7 Å². The van der Waals surface area contributed by atoms with Crippen LogP contribution in [0.3, 0.4) is 0 Å². The maximum absolute atomic E-state index is 4.38. The van der Waals surface area contributed by atoms with Gasteiger partial charge in [0.25, 0.3) is 0 Å². The minimum atomic E-state index is 0.442. The predicted molar refractivity (Wildman–Crippen MR) is 63.2 cm³/mol. The van der Waals surface area contributed by atoms with Gasteiger partial charge in [-0.1, -0.05) is 22.9 Å². The van der Waals surface area contributed by atoms with Gasteiger partial charge in [-0.2, -0.15) is 0 Å². The molecule has 1 rings (SSSR count). The molecule has 0 aliphatic heterocycles. The van der Waals surface area contributed by atoms with Crippen molar-refractivity contribution >= 4 is 21.9 Å². The number of alkyl halides is 1. The molecule has 0 fully saturated rings. The summed E-state index contributed by atoms with van der Waals surface area (Å²) in [5.74, 6) is 0.800. The van der Waals surface area contributed by atoms with Crippen LogP contribution in [0.2, 0.25) is 0 Å². The van der Waals surface area contributed by atoms with Gasteiger partial charge in [-0.3, -0.25) is 0 Å². The lowest BCUT2D eigenvalue weighted by Gasteiger charge is -2.18. The average molecular weight is 258 g/mol. The van der Waals surface area contributed by atoms with E-state index in [0.29, 0.717) is 4.83 Å². The van der Waals surface area contributed by atoms with Crippen LogP contribution < -0.4 is 4.90 Å². The molecule has 0 bridgehead atoms. The smallest absolute Gasteiger partial charge is 0.225 e. The van der Waals surface area contributed by atoms with Crippen LogP contribution in [0.15, 0.2) is 6.07 Å². The molecular weight excluding hydrogens is 242 g/mol. The van der Waals surface area contributed by atoms with E-state index in [1.54, 1.807) is 0 Å². The molecule has 3 nitrogen and oxygen atoms in total. The fraction of sp³-hybridized carbons (Fsp3) is 0.600. The van der Waals surface area contributed by atoms with Gasteiger partial charge in [0.05, 0.1) is 0 Å². The van der Waals surface area contributed by atoms with E-state index in [1.165, 1.54) is 0 Å². The van der Waals surface area contributed by atoms with Crippen molar-refractivity contribution in [2.45, 2.75) is 25.6 Å².